The molecule has 0 unspecified atom stereocenters. The molecule has 0 saturated heterocycles. The number of hydrogen-bond acceptors (Lipinski definition) is 4. The van der Waals surface area contributed by atoms with Crippen LogP contribution in [0.2, 0.25) is 0 Å². The summed E-state index contributed by atoms with van der Waals surface area (Å²) in [4.78, 5) is 26.6. The zero-order valence-electron chi connectivity index (χ0n) is 18.1. The average molecular weight is 428 g/mol. The van der Waals surface area contributed by atoms with Crippen LogP contribution < -0.4 is 15.8 Å². The molecule has 2 heterocycles. The van der Waals surface area contributed by atoms with E-state index in [0.29, 0.717) is 23.4 Å². The van der Waals surface area contributed by atoms with Gasteiger partial charge < -0.3 is 20.2 Å². The number of amides is 1. The maximum Gasteiger partial charge on any atom is 0.259 e. The largest absolute Gasteiger partial charge is 0.494 e. The first-order valence-corrected chi connectivity index (χ1v) is 10.6. The summed E-state index contributed by atoms with van der Waals surface area (Å²) in [7, 11) is 0. The molecule has 0 spiro atoms. The lowest BCUT2D eigenvalue weighted by atomic mass is 10.1. The minimum Gasteiger partial charge on any atom is -0.494 e. The molecule has 0 aliphatic heterocycles. The first kappa shape index (κ1) is 21.2. The van der Waals surface area contributed by atoms with Crippen molar-refractivity contribution >= 4 is 28.6 Å². The third kappa shape index (κ3) is 3.83. The Labute approximate surface area is 186 Å². The van der Waals surface area contributed by atoms with Crippen LogP contribution in [0.5, 0.6) is 5.75 Å². The summed E-state index contributed by atoms with van der Waals surface area (Å²) in [5.41, 5.74) is 9.92. The van der Waals surface area contributed by atoms with Gasteiger partial charge in [0.2, 0.25) is 5.78 Å². The Morgan fingerprint density at radius 1 is 0.969 bits per heavy atom. The van der Waals surface area contributed by atoms with Gasteiger partial charge in [0.1, 0.15) is 11.4 Å². The second-order valence-corrected chi connectivity index (χ2v) is 7.34. The van der Waals surface area contributed by atoms with Gasteiger partial charge in [0.15, 0.2) is 0 Å². The first-order chi connectivity index (χ1) is 15.5. The number of nitrogen functional groups attached to an aromatic ring is 1. The number of nitrogens with two attached hydrogens (primary N) is 1. The van der Waals surface area contributed by atoms with Crippen LogP contribution in [0.15, 0.2) is 72.9 Å². The number of anilines is 2. The van der Waals surface area contributed by atoms with Crippen molar-refractivity contribution in [1.29, 1.82) is 0 Å². The highest BCUT2D eigenvalue weighted by atomic mass is 16.5. The maximum atomic E-state index is 13.4. The van der Waals surface area contributed by atoms with Crippen LogP contribution >= 0.6 is 0 Å². The fraction of sp³-hybridized carbons (Fsp3) is 0.154. The summed E-state index contributed by atoms with van der Waals surface area (Å²) in [5, 5.41) is 2.96. The Morgan fingerprint density at radius 3 is 2.41 bits per heavy atom. The molecule has 3 N–H and O–H groups in total. The normalized spacial score (nSPS) is 10.8. The number of carbonyl (C=O) groups is 2. The maximum absolute atomic E-state index is 13.4. The van der Waals surface area contributed by atoms with Crippen LogP contribution in [0.3, 0.4) is 0 Å². The van der Waals surface area contributed by atoms with Crippen molar-refractivity contribution in [2.45, 2.75) is 20.3 Å². The van der Waals surface area contributed by atoms with Crippen molar-refractivity contribution in [2.75, 3.05) is 17.7 Å². The summed E-state index contributed by atoms with van der Waals surface area (Å²) >= 11 is 0. The molecular formula is C26H25N3O3. The molecule has 1 amide bonds. The number of hydrogen-bond donors (Lipinski definition) is 2. The first-order valence-electron chi connectivity index (χ1n) is 10.6. The second-order valence-electron chi connectivity index (χ2n) is 7.34. The molecule has 0 aliphatic rings. The number of para-hydroxylation sites is 1. The lowest BCUT2D eigenvalue weighted by molar-refractivity contribution is 0.102. The van der Waals surface area contributed by atoms with Crippen LogP contribution in [0, 0.1) is 0 Å². The predicted molar refractivity (Wildman–Crippen MR) is 127 cm³/mol. The highest BCUT2D eigenvalue weighted by Gasteiger charge is 2.26. The van der Waals surface area contributed by atoms with Crippen molar-refractivity contribution in [2.24, 2.45) is 0 Å². The monoisotopic (exact) mass is 427 g/mol. The van der Waals surface area contributed by atoms with Crippen LogP contribution in [0.4, 0.5) is 11.4 Å². The Kier molecular flexibility index (Phi) is 5.94. The predicted octanol–water partition coefficient (Wildman–Crippen LogP) is 4.97. The zero-order valence-corrected chi connectivity index (χ0v) is 18.1. The highest BCUT2D eigenvalue weighted by molar-refractivity contribution is 6.20. The molecule has 162 valence electrons. The van der Waals surface area contributed by atoms with Gasteiger partial charge >= 0.3 is 0 Å². The molecular weight excluding hydrogens is 402 g/mol. The summed E-state index contributed by atoms with van der Waals surface area (Å²) in [6, 6.07) is 19.9. The van der Waals surface area contributed by atoms with Gasteiger partial charge in [0.25, 0.3) is 5.91 Å². The van der Waals surface area contributed by atoms with E-state index < -0.39 is 0 Å². The van der Waals surface area contributed by atoms with Gasteiger partial charge in [-0.1, -0.05) is 31.2 Å². The molecule has 2 aromatic heterocycles. The molecule has 2 aromatic carbocycles. The lowest BCUT2D eigenvalue weighted by Crippen LogP contribution is -2.15. The number of benzene rings is 2. The van der Waals surface area contributed by atoms with Gasteiger partial charge in [-0.3, -0.25) is 9.59 Å². The number of rotatable bonds is 7. The number of ketones is 1. The average Bonchev–Trinajstić information content (AvgIpc) is 3.11. The van der Waals surface area contributed by atoms with Crippen molar-refractivity contribution < 1.29 is 14.3 Å². The Morgan fingerprint density at radius 2 is 1.69 bits per heavy atom. The number of carbonyl (C=O) groups excluding carboxylic acids is 2. The van der Waals surface area contributed by atoms with Gasteiger partial charge in [-0.25, -0.2) is 0 Å². The van der Waals surface area contributed by atoms with Crippen molar-refractivity contribution in [3.63, 3.8) is 0 Å². The molecule has 0 saturated carbocycles. The van der Waals surface area contributed by atoms with Gasteiger partial charge in [-0.2, -0.15) is 0 Å². The summed E-state index contributed by atoms with van der Waals surface area (Å²) in [5.74, 6) is 0.0734. The smallest absolute Gasteiger partial charge is 0.259 e. The number of pyridine rings is 1. The standard InChI is InChI=1S/C26H25N3O3/c1-3-17-9-5-6-10-20(17)28-26(31)22-21-11-7-8-16-29(21)24(23(22)27)25(30)18-12-14-19(15-13-18)32-4-2/h5-16H,3-4,27H2,1-2H3,(H,28,31). The van der Waals surface area contributed by atoms with Gasteiger partial charge in [-0.15, -0.1) is 0 Å². The topological polar surface area (TPSA) is 85.8 Å². The van der Waals surface area contributed by atoms with E-state index in [2.05, 4.69) is 5.32 Å². The van der Waals surface area contributed by atoms with Crippen molar-refractivity contribution in [1.82, 2.24) is 4.40 Å². The quantitative estimate of drug-likeness (QED) is 0.408. The van der Waals surface area contributed by atoms with Crippen LogP contribution in [0.25, 0.3) is 5.52 Å². The number of nitrogens with zero attached hydrogens (tertiary/aromatic N) is 1. The SMILES string of the molecule is CCOc1ccc(C(=O)c2c(N)c(C(=O)Nc3ccccc3CC)c3ccccn23)cc1. The third-order valence-corrected chi connectivity index (χ3v) is 5.40. The minimum absolute atomic E-state index is 0.154. The van der Waals surface area contributed by atoms with E-state index in [0.717, 1.165) is 17.7 Å². The lowest BCUT2D eigenvalue weighted by Gasteiger charge is -2.10. The van der Waals surface area contributed by atoms with E-state index in [9.17, 15) is 9.59 Å². The Bertz CT molecular complexity index is 1290. The summed E-state index contributed by atoms with van der Waals surface area (Å²) < 4.78 is 7.13. The molecule has 0 atom stereocenters. The molecule has 32 heavy (non-hydrogen) atoms. The molecule has 6 nitrogen and oxygen atoms in total. The minimum atomic E-state index is -0.349. The molecule has 0 bridgehead atoms. The van der Waals surface area contributed by atoms with Crippen LogP contribution in [-0.4, -0.2) is 22.7 Å². The fourth-order valence-electron chi connectivity index (χ4n) is 3.84. The number of nitrogens with one attached hydrogen (secondary N) is 1. The summed E-state index contributed by atoms with van der Waals surface area (Å²) in [6.07, 6.45) is 2.52. The summed E-state index contributed by atoms with van der Waals surface area (Å²) in [6.45, 7) is 4.47. The molecule has 0 aliphatic carbocycles. The van der Waals surface area contributed by atoms with Crippen molar-refractivity contribution in [3.8, 4) is 5.75 Å². The zero-order chi connectivity index (χ0) is 22.7. The van der Waals surface area contributed by atoms with E-state index in [1.165, 1.54) is 0 Å². The van der Waals surface area contributed by atoms with Gasteiger partial charge in [-0.05, 0) is 61.4 Å². The molecule has 6 heteroatoms. The van der Waals surface area contributed by atoms with E-state index in [4.69, 9.17) is 10.5 Å². The van der Waals surface area contributed by atoms with Crippen LogP contribution in [0.1, 0.15) is 45.8 Å². The van der Waals surface area contributed by atoms with Crippen molar-refractivity contribution in [3.05, 3.63) is 95.3 Å². The molecule has 0 radical (unpaired) electrons. The van der Waals surface area contributed by atoms with Crippen LogP contribution in [-0.2, 0) is 6.42 Å². The number of aryl methyl sites for hydroxylation is 1. The molecule has 4 aromatic rings. The highest BCUT2D eigenvalue weighted by Crippen LogP contribution is 2.30. The third-order valence-electron chi connectivity index (χ3n) is 5.40. The van der Waals surface area contributed by atoms with Gasteiger partial charge in [0, 0.05) is 17.4 Å². The fourth-order valence-corrected chi connectivity index (χ4v) is 3.84. The molecule has 4 rings (SSSR count). The number of aromatic nitrogens is 1. The Balaban J connectivity index is 1.76. The van der Waals surface area contributed by atoms with E-state index in [1.807, 2.05) is 44.2 Å². The Hall–Kier alpha value is -4.06. The van der Waals surface area contributed by atoms with E-state index >= 15 is 0 Å². The second kappa shape index (κ2) is 8.98. The number of ether oxygens (including phenoxy) is 1. The van der Waals surface area contributed by atoms with E-state index in [1.54, 1.807) is 47.0 Å². The molecule has 0 fully saturated rings. The van der Waals surface area contributed by atoms with Gasteiger partial charge in [0.05, 0.1) is 23.4 Å². The number of fused-ring (bicyclic) bond motifs is 1. The van der Waals surface area contributed by atoms with E-state index in [-0.39, 0.29) is 28.6 Å².